The highest BCUT2D eigenvalue weighted by atomic mass is 79.9. The van der Waals surface area contributed by atoms with E-state index < -0.39 is 6.04 Å². The summed E-state index contributed by atoms with van der Waals surface area (Å²) in [4.78, 5) is 30.2. The molecular weight excluding hydrogens is 538 g/mol. The Morgan fingerprint density at radius 2 is 2.03 bits per heavy atom. The summed E-state index contributed by atoms with van der Waals surface area (Å²) in [6.07, 6.45) is 1.94. The van der Waals surface area contributed by atoms with Crippen molar-refractivity contribution < 1.29 is 9.59 Å². The van der Waals surface area contributed by atoms with Crippen LogP contribution in [0.2, 0.25) is 5.02 Å². The van der Waals surface area contributed by atoms with Crippen LogP contribution in [0.4, 0.5) is 11.5 Å². The lowest BCUT2D eigenvalue weighted by Gasteiger charge is -2.23. The minimum absolute atomic E-state index is 0.0404. The maximum atomic E-state index is 13.2. The molecule has 0 saturated heterocycles. The number of rotatable bonds is 5. The summed E-state index contributed by atoms with van der Waals surface area (Å²) in [5, 5.41) is 12.0. The number of hydrogen-bond donors (Lipinski definition) is 2. The Morgan fingerprint density at radius 1 is 1.30 bits per heavy atom. The van der Waals surface area contributed by atoms with Gasteiger partial charge in [0.2, 0.25) is 5.91 Å². The van der Waals surface area contributed by atoms with E-state index in [1.165, 1.54) is 5.01 Å². The molecule has 2 N–H and O–H groups in total. The summed E-state index contributed by atoms with van der Waals surface area (Å²) in [5.74, 6) is -0.198. The largest absolute Gasteiger partial charge is 0.350 e. The molecule has 2 amide bonds. The SMILES string of the molecule is Cc1cc(Br)cc(C(=O)NC(C)C)c1NC(=O)C1CC(Br)=NN1c1ncccc1Cl. The number of nitrogens with one attached hydrogen (secondary N) is 2. The number of aryl methyl sites for hydroxylation is 1. The second kappa shape index (κ2) is 9.45. The van der Waals surface area contributed by atoms with Gasteiger partial charge in [0.25, 0.3) is 5.91 Å². The van der Waals surface area contributed by atoms with E-state index in [9.17, 15) is 9.59 Å². The molecule has 1 aliphatic heterocycles. The van der Waals surface area contributed by atoms with Crippen molar-refractivity contribution in [1.29, 1.82) is 0 Å². The maximum Gasteiger partial charge on any atom is 0.253 e. The fourth-order valence-electron chi connectivity index (χ4n) is 3.05. The van der Waals surface area contributed by atoms with Crippen LogP contribution in [0.25, 0.3) is 0 Å². The highest BCUT2D eigenvalue weighted by Crippen LogP contribution is 2.32. The zero-order chi connectivity index (χ0) is 22.0. The minimum Gasteiger partial charge on any atom is -0.350 e. The van der Waals surface area contributed by atoms with Crippen LogP contribution in [0, 0.1) is 6.92 Å². The van der Waals surface area contributed by atoms with Gasteiger partial charge in [-0.25, -0.2) is 9.99 Å². The first-order valence-electron chi connectivity index (χ1n) is 9.22. The third-order valence-corrected chi connectivity index (χ3v) is 5.58. The number of aromatic nitrogens is 1. The van der Waals surface area contributed by atoms with Gasteiger partial charge in [-0.2, -0.15) is 5.10 Å². The molecule has 7 nitrogen and oxygen atoms in total. The number of carbonyl (C=O) groups is 2. The summed E-state index contributed by atoms with van der Waals surface area (Å²) in [7, 11) is 0. The molecule has 0 fully saturated rings. The number of hydrogen-bond acceptors (Lipinski definition) is 5. The Labute approximate surface area is 196 Å². The van der Waals surface area contributed by atoms with Crippen LogP contribution in [0.1, 0.15) is 36.2 Å². The smallest absolute Gasteiger partial charge is 0.253 e. The van der Waals surface area contributed by atoms with Crippen molar-refractivity contribution in [2.45, 2.75) is 39.3 Å². The molecule has 1 atom stereocenters. The van der Waals surface area contributed by atoms with E-state index in [0.717, 1.165) is 10.0 Å². The second-order valence-electron chi connectivity index (χ2n) is 7.11. The van der Waals surface area contributed by atoms with Crippen LogP contribution in [0.15, 0.2) is 40.0 Å². The van der Waals surface area contributed by atoms with Crippen molar-refractivity contribution in [3.8, 4) is 0 Å². The zero-order valence-electron chi connectivity index (χ0n) is 16.5. The van der Waals surface area contributed by atoms with Crippen LogP contribution in [0.3, 0.4) is 0 Å². The van der Waals surface area contributed by atoms with Crippen LogP contribution in [-0.4, -0.2) is 33.5 Å². The fraction of sp³-hybridized carbons (Fsp3) is 0.300. The van der Waals surface area contributed by atoms with E-state index >= 15 is 0 Å². The molecule has 1 aromatic carbocycles. The van der Waals surface area contributed by atoms with Gasteiger partial charge in [-0.3, -0.25) is 9.59 Å². The molecule has 0 saturated carbocycles. The average molecular weight is 558 g/mol. The number of amides is 2. The summed E-state index contributed by atoms with van der Waals surface area (Å²) in [6, 6.07) is 6.22. The van der Waals surface area contributed by atoms with Gasteiger partial charge in [-0.15, -0.1) is 0 Å². The number of halogens is 3. The first-order valence-corrected chi connectivity index (χ1v) is 11.2. The van der Waals surface area contributed by atoms with Gasteiger partial charge >= 0.3 is 0 Å². The molecular formula is C20H20Br2ClN5O2. The lowest BCUT2D eigenvalue weighted by atomic mass is 10.1. The normalized spacial score (nSPS) is 15.9. The number of benzene rings is 1. The van der Waals surface area contributed by atoms with E-state index in [-0.39, 0.29) is 17.9 Å². The number of pyridine rings is 1. The van der Waals surface area contributed by atoms with E-state index in [1.807, 2.05) is 26.8 Å². The molecule has 1 unspecified atom stereocenters. The van der Waals surface area contributed by atoms with Gasteiger partial charge in [0.1, 0.15) is 10.7 Å². The predicted molar refractivity (Wildman–Crippen MR) is 127 cm³/mol. The molecule has 0 radical (unpaired) electrons. The number of nitrogens with zero attached hydrogens (tertiary/aromatic N) is 3. The van der Waals surface area contributed by atoms with Gasteiger partial charge in [0.15, 0.2) is 5.82 Å². The monoisotopic (exact) mass is 555 g/mol. The van der Waals surface area contributed by atoms with Gasteiger partial charge < -0.3 is 10.6 Å². The molecule has 10 heteroatoms. The minimum atomic E-state index is -0.671. The van der Waals surface area contributed by atoms with E-state index in [1.54, 1.807) is 24.4 Å². The molecule has 0 aliphatic carbocycles. The van der Waals surface area contributed by atoms with E-state index in [2.05, 4.69) is 52.6 Å². The Kier molecular flexibility index (Phi) is 7.15. The zero-order valence-corrected chi connectivity index (χ0v) is 20.5. The Morgan fingerprint density at radius 3 is 2.70 bits per heavy atom. The van der Waals surface area contributed by atoms with Crippen LogP contribution >= 0.6 is 43.5 Å². The summed E-state index contributed by atoms with van der Waals surface area (Å²) in [6.45, 7) is 5.59. The van der Waals surface area contributed by atoms with Crippen LogP contribution < -0.4 is 15.6 Å². The molecule has 2 aromatic rings. The van der Waals surface area contributed by atoms with Crippen LogP contribution in [-0.2, 0) is 4.79 Å². The fourth-order valence-corrected chi connectivity index (χ4v) is 4.31. The number of carbonyl (C=O) groups excluding carboxylic acids is 2. The van der Waals surface area contributed by atoms with Gasteiger partial charge in [-0.1, -0.05) is 27.5 Å². The predicted octanol–water partition coefficient (Wildman–Crippen LogP) is 4.87. The third-order valence-electron chi connectivity index (χ3n) is 4.34. The Balaban J connectivity index is 1.92. The van der Waals surface area contributed by atoms with Crippen molar-refractivity contribution >= 4 is 71.4 Å². The molecule has 2 heterocycles. The highest BCUT2D eigenvalue weighted by Gasteiger charge is 2.35. The van der Waals surface area contributed by atoms with Crippen molar-refractivity contribution in [3.63, 3.8) is 0 Å². The van der Waals surface area contributed by atoms with Crippen molar-refractivity contribution in [2.24, 2.45) is 5.10 Å². The Bertz CT molecular complexity index is 1030. The van der Waals surface area contributed by atoms with E-state index in [0.29, 0.717) is 33.1 Å². The van der Waals surface area contributed by atoms with Crippen molar-refractivity contribution in [2.75, 3.05) is 10.3 Å². The topological polar surface area (TPSA) is 86.7 Å². The van der Waals surface area contributed by atoms with Crippen molar-refractivity contribution in [1.82, 2.24) is 10.3 Å². The average Bonchev–Trinajstić information content (AvgIpc) is 3.05. The summed E-state index contributed by atoms with van der Waals surface area (Å²) >= 11 is 13.1. The summed E-state index contributed by atoms with van der Waals surface area (Å²) < 4.78 is 1.36. The lowest BCUT2D eigenvalue weighted by molar-refractivity contribution is -0.117. The molecule has 158 valence electrons. The number of anilines is 2. The second-order valence-corrected chi connectivity index (χ2v) is 9.35. The highest BCUT2D eigenvalue weighted by molar-refractivity contribution is 9.18. The van der Waals surface area contributed by atoms with Gasteiger partial charge in [-0.05, 0) is 66.5 Å². The molecule has 1 aromatic heterocycles. The first-order chi connectivity index (χ1) is 14.2. The molecule has 0 spiro atoms. The standard InChI is InChI=1S/C20H20Br2ClN5O2/c1-10(2)25-19(29)13-8-12(21)7-11(3)17(13)26-20(30)15-9-16(22)27-28(15)18-14(23)5-4-6-24-18/h4-8,10,15H,9H2,1-3H3,(H,25,29)(H,26,30). The maximum absolute atomic E-state index is 13.2. The molecule has 0 bridgehead atoms. The molecule has 1 aliphatic rings. The lowest BCUT2D eigenvalue weighted by Crippen LogP contribution is -2.40. The quantitative estimate of drug-likeness (QED) is 0.549. The van der Waals surface area contributed by atoms with Crippen LogP contribution in [0.5, 0.6) is 0 Å². The number of hydrazone groups is 1. The summed E-state index contributed by atoms with van der Waals surface area (Å²) in [5.41, 5.74) is 1.59. The third kappa shape index (κ3) is 5.01. The first kappa shape index (κ1) is 22.7. The van der Waals surface area contributed by atoms with Crippen molar-refractivity contribution in [3.05, 3.63) is 51.1 Å². The van der Waals surface area contributed by atoms with Gasteiger partial charge in [0, 0.05) is 23.1 Å². The van der Waals surface area contributed by atoms with E-state index in [4.69, 9.17) is 11.6 Å². The molecule has 3 rings (SSSR count). The Hall–Kier alpha value is -1.97. The molecule has 30 heavy (non-hydrogen) atoms. The van der Waals surface area contributed by atoms with Gasteiger partial charge in [0.05, 0.1) is 16.3 Å².